The Hall–Kier alpha value is -2.13. The Kier molecular flexibility index (Phi) is 4.91. The summed E-state index contributed by atoms with van der Waals surface area (Å²) in [6.07, 6.45) is 0.720. The van der Waals surface area contributed by atoms with Crippen molar-refractivity contribution in [2.45, 2.75) is 19.4 Å². The van der Waals surface area contributed by atoms with Gasteiger partial charge in [-0.3, -0.25) is 4.79 Å². The predicted octanol–water partition coefficient (Wildman–Crippen LogP) is 2.39. The molecule has 0 saturated carbocycles. The third-order valence-electron chi connectivity index (χ3n) is 3.15. The lowest BCUT2D eigenvalue weighted by molar-refractivity contribution is 0.0921. The molecule has 0 bridgehead atoms. The van der Waals surface area contributed by atoms with Gasteiger partial charge in [0.15, 0.2) is 0 Å². The zero-order chi connectivity index (χ0) is 14.4. The van der Waals surface area contributed by atoms with E-state index >= 15 is 0 Å². The number of nitrogens with one attached hydrogen (secondary N) is 1. The molecule has 1 amide bonds. The molecule has 0 saturated heterocycles. The summed E-state index contributed by atoms with van der Waals surface area (Å²) in [6.45, 7) is 1.71. The third-order valence-corrected chi connectivity index (χ3v) is 3.15. The van der Waals surface area contributed by atoms with Crippen LogP contribution in [0.5, 0.6) is 0 Å². The Morgan fingerprint density at radius 3 is 2.45 bits per heavy atom. The molecule has 2 aromatic carbocycles. The fourth-order valence-corrected chi connectivity index (χ4v) is 2.06. The summed E-state index contributed by atoms with van der Waals surface area (Å²) >= 11 is 0. The van der Waals surface area contributed by atoms with Gasteiger partial charge in [-0.15, -0.1) is 0 Å². The second kappa shape index (κ2) is 6.87. The molecule has 0 radical (unpaired) electrons. The SMILES string of the molecule is CC(CO)NC(=O)c1ccccc1Cc1ccccc1. The van der Waals surface area contributed by atoms with Gasteiger partial charge >= 0.3 is 0 Å². The molecule has 2 N–H and O–H groups in total. The smallest absolute Gasteiger partial charge is 0.251 e. The van der Waals surface area contributed by atoms with Crippen molar-refractivity contribution in [1.29, 1.82) is 0 Å². The molecule has 3 nitrogen and oxygen atoms in total. The molecule has 0 spiro atoms. The van der Waals surface area contributed by atoms with Crippen LogP contribution < -0.4 is 5.32 Å². The zero-order valence-electron chi connectivity index (χ0n) is 11.5. The molecule has 0 aliphatic rings. The van der Waals surface area contributed by atoms with E-state index in [4.69, 9.17) is 5.11 Å². The van der Waals surface area contributed by atoms with Crippen molar-refractivity contribution in [1.82, 2.24) is 5.32 Å². The summed E-state index contributed by atoms with van der Waals surface area (Å²) in [5, 5.41) is 11.8. The molecule has 0 heterocycles. The maximum absolute atomic E-state index is 12.2. The van der Waals surface area contributed by atoms with E-state index < -0.39 is 0 Å². The van der Waals surface area contributed by atoms with Gasteiger partial charge in [-0.05, 0) is 30.5 Å². The monoisotopic (exact) mass is 269 g/mol. The molecule has 3 heteroatoms. The Morgan fingerprint density at radius 2 is 1.75 bits per heavy atom. The number of amides is 1. The van der Waals surface area contributed by atoms with Crippen molar-refractivity contribution < 1.29 is 9.90 Å². The summed E-state index contributed by atoms with van der Waals surface area (Å²) in [4.78, 5) is 12.2. The van der Waals surface area contributed by atoms with Crippen molar-refractivity contribution in [3.8, 4) is 0 Å². The Balaban J connectivity index is 2.20. The zero-order valence-corrected chi connectivity index (χ0v) is 11.5. The summed E-state index contributed by atoms with van der Waals surface area (Å²) in [5.74, 6) is -0.141. The van der Waals surface area contributed by atoms with Crippen molar-refractivity contribution in [3.05, 3.63) is 71.3 Å². The van der Waals surface area contributed by atoms with Gasteiger partial charge in [-0.1, -0.05) is 48.5 Å². The van der Waals surface area contributed by atoms with Gasteiger partial charge in [0.05, 0.1) is 6.61 Å². The lowest BCUT2D eigenvalue weighted by Gasteiger charge is -2.13. The van der Waals surface area contributed by atoms with Crippen molar-refractivity contribution in [3.63, 3.8) is 0 Å². The first-order chi connectivity index (χ1) is 9.70. The van der Waals surface area contributed by atoms with E-state index in [1.807, 2.05) is 54.6 Å². The van der Waals surface area contributed by atoms with Crippen LogP contribution in [0.4, 0.5) is 0 Å². The molecule has 0 aliphatic carbocycles. The van der Waals surface area contributed by atoms with Gasteiger partial charge in [-0.2, -0.15) is 0 Å². The van der Waals surface area contributed by atoms with Gasteiger partial charge in [0.25, 0.3) is 5.91 Å². The molecular formula is C17H19NO2. The van der Waals surface area contributed by atoms with Crippen molar-refractivity contribution >= 4 is 5.91 Å². The molecule has 104 valence electrons. The maximum atomic E-state index is 12.2. The molecular weight excluding hydrogens is 250 g/mol. The minimum absolute atomic E-state index is 0.0629. The number of hydrogen-bond donors (Lipinski definition) is 2. The van der Waals surface area contributed by atoms with E-state index in [0.717, 1.165) is 12.0 Å². The first kappa shape index (κ1) is 14.3. The molecule has 2 rings (SSSR count). The normalized spacial score (nSPS) is 11.9. The number of benzene rings is 2. The second-order valence-corrected chi connectivity index (χ2v) is 4.88. The molecule has 0 aliphatic heterocycles. The maximum Gasteiger partial charge on any atom is 0.251 e. The number of rotatable bonds is 5. The first-order valence-electron chi connectivity index (χ1n) is 6.74. The average molecular weight is 269 g/mol. The summed E-state index contributed by atoms with van der Waals surface area (Å²) < 4.78 is 0. The predicted molar refractivity (Wildman–Crippen MR) is 79.7 cm³/mol. The highest BCUT2D eigenvalue weighted by Gasteiger charge is 2.13. The Morgan fingerprint density at radius 1 is 1.10 bits per heavy atom. The number of carbonyl (C=O) groups excluding carboxylic acids is 1. The first-order valence-corrected chi connectivity index (χ1v) is 6.74. The minimum atomic E-state index is -0.243. The van der Waals surface area contributed by atoms with Crippen LogP contribution in [0.25, 0.3) is 0 Å². The molecule has 2 aromatic rings. The molecule has 20 heavy (non-hydrogen) atoms. The van der Waals surface area contributed by atoms with Crippen LogP contribution in [-0.4, -0.2) is 23.7 Å². The lowest BCUT2D eigenvalue weighted by atomic mass is 9.99. The number of aliphatic hydroxyl groups is 1. The second-order valence-electron chi connectivity index (χ2n) is 4.88. The van der Waals surface area contributed by atoms with Gasteiger partial charge in [0.1, 0.15) is 0 Å². The van der Waals surface area contributed by atoms with Crippen LogP contribution in [0.1, 0.15) is 28.4 Å². The van der Waals surface area contributed by atoms with Crippen LogP contribution in [-0.2, 0) is 6.42 Å². The topological polar surface area (TPSA) is 49.3 Å². The lowest BCUT2D eigenvalue weighted by Crippen LogP contribution is -2.35. The Bertz CT molecular complexity index is 566. The van der Waals surface area contributed by atoms with E-state index in [0.29, 0.717) is 5.56 Å². The van der Waals surface area contributed by atoms with Gasteiger partial charge < -0.3 is 10.4 Å². The van der Waals surface area contributed by atoms with Crippen LogP contribution in [0, 0.1) is 0 Å². The number of hydrogen-bond acceptors (Lipinski definition) is 2. The summed E-state index contributed by atoms with van der Waals surface area (Å²) in [6, 6.07) is 17.4. The van der Waals surface area contributed by atoms with Crippen LogP contribution in [0.15, 0.2) is 54.6 Å². The summed E-state index contributed by atoms with van der Waals surface area (Å²) in [5.41, 5.74) is 2.82. The molecule has 1 atom stereocenters. The fraction of sp³-hybridized carbons (Fsp3) is 0.235. The van der Waals surface area contributed by atoms with Gasteiger partial charge in [-0.25, -0.2) is 0 Å². The van der Waals surface area contributed by atoms with Gasteiger partial charge in [0, 0.05) is 11.6 Å². The van der Waals surface area contributed by atoms with Crippen LogP contribution >= 0.6 is 0 Å². The van der Waals surface area contributed by atoms with E-state index in [1.54, 1.807) is 6.92 Å². The highest BCUT2D eigenvalue weighted by molar-refractivity contribution is 5.95. The van der Waals surface area contributed by atoms with E-state index in [9.17, 15) is 4.79 Å². The van der Waals surface area contributed by atoms with Crippen LogP contribution in [0.3, 0.4) is 0 Å². The largest absolute Gasteiger partial charge is 0.394 e. The van der Waals surface area contributed by atoms with Crippen molar-refractivity contribution in [2.75, 3.05) is 6.61 Å². The Labute approximate surface area is 119 Å². The highest BCUT2D eigenvalue weighted by atomic mass is 16.3. The van der Waals surface area contributed by atoms with Crippen LogP contribution in [0.2, 0.25) is 0 Å². The van der Waals surface area contributed by atoms with E-state index in [-0.39, 0.29) is 18.6 Å². The highest BCUT2D eigenvalue weighted by Crippen LogP contribution is 2.14. The average Bonchev–Trinajstić information content (AvgIpc) is 2.48. The van der Waals surface area contributed by atoms with E-state index in [1.165, 1.54) is 5.56 Å². The fourth-order valence-electron chi connectivity index (χ4n) is 2.06. The molecule has 1 unspecified atom stereocenters. The van der Waals surface area contributed by atoms with E-state index in [2.05, 4.69) is 5.32 Å². The summed E-state index contributed by atoms with van der Waals surface area (Å²) in [7, 11) is 0. The quantitative estimate of drug-likeness (QED) is 0.875. The molecule has 0 fully saturated rings. The number of aliphatic hydroxyl groups excluding tert-OH is 1. The third kappa shape index (κ3) is 3.68. The number of carbonyl (C=O) groups is 1. The molecule has 0 aromatic heterocycles. The standard InChI is InChI=1S/C17H19NO2/c1-13(12-19)18-17(20)16-10-6-5-9-15(16)11-14-7-3-2-4-8-14/h2-10,13,19H,11-12H2,1H3,(H,18,20). The van der Waals surface area contributed by atoms with Gasteiger partial charge in [0.2, 0.25) is 0 Å². The van der Waals surface area contributed by atoms with Crippen molar-refractivity contribution in [2.24, 2.45) is 0 Å². The minimum Gasteiger partial charge on any atom is -0.394 e.